The van der Waals surface area contributed by atoms with Gasteiger partial charge in [0.2, 0.25) is 0 Å². The van der Waals surface area contributed by atoms with E-state index in [2.05, 4.69) is 118 Å². The van der Waals surface area contributed by atoms with Crippen LogP contribution in [0.25, 0.3) is 0 Å². The number of anilines is 2. The molecule has 4 aromatic rings. The molecule has 0 radical (unpaired) electrons. The van der Waals surface area contributed by atoms with E-state index >= 15 is 0 Å². The summed E-state index contributed by atoms with van der Waals surface area (Å²) in [6.07, 6.45) is 40.4. The topological polar surface area (TPSA) is 52.0 Å². The molecule has 2 heteroatoms. The number of rotatable bonds is 36. The molecule has 2 atom stereocenters. The van der Waals surface area contributed by atoms with E-state index in [0.29, 0.717) is 17.8 Å². The van der Waals surface area contributed by atoms with Crippen molar-refractivity contribution in [3.05, 3.63) is 130 Å². The van der Waals surface area contributed by atoms with Gasteiger partial charge < -0.3 is 11.5 Å². The van der Waals surface area contributed by atoms with Crippen LogP contribution in [0.15, 0.2) is 97.1 Å². The summed E-state index contributed by atoms with van der Waals surface area (Å²) in [5.41, 5.74) is 22.6. The minimum Gasteiger partial charge on any atom is -0.399 e. The number of hydrogen-bond acceptors (Lipinski definition) is 2. The number of nitrogens with two attached hydrogens (primary N) is 2. The van der Waals surface area contributed by atoms with Crippen LogP contribution in [-0.2, 0) is 0 Å². The highest BCUT2D eigenvalue weighted by Crippen LogP contribution is 2.37. The molecule has 0 saturated carbocycles. The molecule has 0 saturated heterocycles. The molecule has 0 aliphatic heterocycles. The highest BCUT2D eigenvalue weighted by molar-refractivity contribution is 5.45. The van der Waals surface area contributed by atoms with Crippen LogP contribution < -0.4 is 11.5 Å². The van der Waals surface area contributed by atoms with E-state index in [-0.39, 0.29) is 0 Å². The predicted molar refractivity (Wildman–Crippen MR) is 276 cm³/mol. The Morgan fingerprint density at radius 1 is 0.242 bits per heavy atom. The summed E-state index contributed by atoms with van der Waals surface area (Å²) >= 11 is 0. The molecule has 0 heterocycles. The fourth-order valence-electron chi connectivity index (χ4n) is 9.93. The standard InChI is InChI=1S/C60H92N2/c1-4-7-10-13-16-18-20-23-26-29-32-59(54-42-46-56(61)47-43-54)52-38-34-50(35-39-52)58(31-28-25-22-15-12-9-6-3)51-36-40-53(41-37-51)60(55-44-48-57(62)49-45-55)33-30-27-24-21-19-17-14-11-8-5-2/h34-49,58-60H,4-33,61-62H2,1-3H3. The number of hydrogen-bond donors (Lipinski definition) is 2. The Morgan fingerprint density at radius 2 is 0.403 bits per heavy atom. The maximum Gasteiger partial charge on any atom is 0.0314 e. The van der Waals surface area contributed by atoms with Crippen LogP contribution in [-0.4, -0.2) is 0 Å². The van der Waals surface area contributed by atoms with Gasteiger partial charge >= 0.3 is 0 Å². The maximum atomic E-state index is 6.17. The summed E-state index contributed by atoms with van der Waals surface area (Å²) in [6, 6.07) is 37.2. The lowest BCUT2D eigenvalue weighted by Crippen LogP contribution is -2.06. The second-order valence-electron chi connectivity index (χ2n) is 19.2. The van der Waals surface area contributed by atoms with Gasteiger partial charge in [-0.2, -0.15) is 0 Å². The zero-order valence-electron chi connectivity index (χ0n) is 40.3. The summed E-state index contributed by atoms with van der Waals surface area (Å²) < 4.78 is 0. The first-order valence-electron chi connectivity index (χ1n) is 26.4. The number of benzene rings is 4. The van der Waals surface area contributed by atoms with Crippen molar-refractivity contribution in [2.24, 2.45) is 0 Å². The molecule has 342 valence electrons. The number of nitrogen functional groups attached to an aromatic ring is 2. The molecule has 2 nitrogen and oxygen atoms in total. The monoisotopic (exact) mass is 841 g/mol. The van der Waals surface area contributed by atoms with Crippen molar-refractivity contribution >= 4 is 11.4 Å². The average Bonchev–Trinajstić information content (AvgIpc) is 3.30. The van der Waals surface area contributed by atoms with Crippen LogP contribution in [0, 0.1) is 0 Å². The zero-order valence-corrected chi connectivity index (χ0v) is 40.3. The third-order valence-electron chi connectivity index (χ3n) is 13.9. The van der Waals surface area contributed by atoms with E-state index in [1.54, 1.807) is 0 Å². The first-order valence-corrected chi connectivity index (χ1v) is 26.4. The molecule has 0 spiro atoms. The van der Waals surface area contributed by atoms with Crippen LogP contribution in [0.3, 0.4) is 0 Å². The molecule has 4 aromatic carbocycles. The third kappa shape index (κ3) is 19.9. The summed E-state index contributed by atoms with van der Waals surface area (Å²) in [5.74, 6) is 1.21. The molecule has 4 N–H and O–H groups in total. The summed E-state index contributed by atoms with van der Waals surface area (Å²) in [5, 5.41) is 0. The van der Waals surface area contributed by atoms with Crippen LogP contribution in [0.1, 0.15) is 265 Å². The van der Waals surface area contributed by atoms with Crippen molar-refractivity contribution in [3.63, 3.8) is 0 Å². The van der Waals surface area contributed by atoms with E-state index < -0.39 is 0 Å². The first kappa shape index (κ1) is 51.1. The highest BCUT2D eigenvalue weighted by Gasteiger charge is 2.20. The van der Waals surface area contributed by atoms with Crippen molar-refractivity contribution < 1.29 is 0 Å². The minimum absolute atomic E-state index is 0.403. The fourth-order valence-corrected chi connectivity index (χ4v) is 9.93. The van der Waals surface area contributed by atoms with Gasteiger partial charge in [-0.1, -0.05) is 267 Å². The van der Waals surface area contributed by atoms with E-state index in [4.69, 9.17) is 11.5 Å². The van der Waals surface area contributed by atoms with Crippen molar-refractivity contribution in [3.8, 4) is 0 Å². The Hall–Kier alpha value is -3.52. The molecule has 0 fully saturated rings. The van der Waals surface area contributed by atoms with Crippen LogP contribution in [0.5, 0.6) is 0 Å². The minimum atomic E-state index is 0.403. The van der Waals surface area contributed by atoms with Crippen molar-refractivity contribution in [2.75, 3.05) is 11.5 Å². The van der Waals surface area contributed by atoms with E-state index in [1.807, 2.05) is 0 Å². The lowest BCUT2D eigenvalue weighted by molar-refractivity contribution is 0.540. The van der Waals surface area contributed by atoms with Gasteiger partial charge in [-0.25, -0.2) is 0 Å². The Labute approximate surface area is 382 Å². The first-order chi connectivity index (χ1) is 30.5. The van der Waals surface area contributed by atoms with Crippen molar-refractivity contribution in [1.82, 2.24) is 0 Å². The molecule has 0 bridgehead atoms. The summed E-state index contributed by atoms with van der Waals surface area (Å²) in [7, 11) is 0. The van der Waals surface area contributed by atoms with Crippen LogP contribution in [0.2, 0.25) is 0 Å². The number of unbranched alkanes of at least 4 members (excludes halogenated alkanes) is 24. The van der Waals surface area contributed by atoms with Gasteiger partial charge in [0.15, 0.2) is 0 Å². The zero-order chi connectivity index (χ0) is 43.9. The SMILES string of the molecule is CCCCCCCCCCCCC(c1ccc(N)cc1)c1ccc(C(CCCCCCCCC)c2ccc(C(CCCCCCCCCCCC)c3ccc(N)cc3)cc2)cc1. The van der Waals surface area contributed by atoms with E-state index in [9.17, 15) is 0 Å². The molecule has 4 rings (SSSR count). The van der Waals surface area contributed by atoms with Gasteiger partial charge in [0.1, 0.15) is 0 Å². The van der Waals surface area contributed by atoms with Crippen molar-refractivity contribution in [2.45, 2.75) is 231 Å². The molecule has 0 amide bonds. The maximum absolute atomic E-state index is 6.17. The average molecular weight is 841 g/mol. The molecular weight excluding hydrogens is 749 g/mol. The smallest absolute Gasteiger partial charge is 0.0314 e. The summed E-state index contributed by atoms with van der Waals surface area (Å²) in [6.45, 7) is 6.92. The van der Waals surface area contributed by atoms with Crippen LogP contribution >= 0.6 is 0 Å². The molecule has 2 unspecified atom stereocenters. The third-order valence-corrected chi connectivity index (χ3v) is 13.9. The fraction of sp³-hybridized carbons (Fsp3) is 0.600. The van der Waals surface area contributed by atoms with Gasteiger partial charge in [-0.15, -0.1) is 0 Å². The van der Waals surface area contributed by atoms with Gasteiger partial charge in [0.05, 0.1) is 0 Å². The van der Waals surface area contributed by atoms with Gasteiger partial charge in [-0.3, -0.25) is 0 Å². The lowest BCUT2D eigenvalue weighted by atomic mass is 9.81. The van der Waals surface area contributed by atoms with E-state index in [0.717, 1.165) is 11.4 Å². The molecule has 0 aliphatic carbocycles. The summed E-state index contributed by atoms with van der Waals surface area (Å²) in [4.78, 5) is 0. The van der Waals surface area contributed by atoms with Gasteiger partial charge in [0, 0.05) is 29.1 Å². The molecule has 0 aliphatic rings. The van der Waals surface area contributed by atoms with Gasteiger partial charge in [0.25, 0.3) is 0 Å². The second kappa shape index (κ2) is 32.2. The Morgan fingerprint density at radius 3 is 0.597 bits per heavy atom. The second-order valence-corrected chi connectivity index (χ2v) is 19.2. The largest absolute Gasteiger partial charge is 0.399 e. The highest BCUT2D eigenvalue weighted by atomic mass is 14.5. The normalized spacial score (nSPS) is 13.0. The molecule has 62 heavy (non-hydrogen) atoms. The van der Waals surface area contributed by atoms with Crippen LogP contribution in [0.4, 0.5) is 11.4 Å². The Kier molecular flexibility index (Phi) is 26.5. The predicted octanol–water partition coefficient (Wildman–Crippen LogP) is 19.0. The quantitative estimate of drug-likeness (QED) is 0.0354. The Bertz CT molecular complexity index is 1520. The van der Waals surface area contributed by atoms with Crippen molar-refractivity contribution in [1.29, 1.82) is 0 Å². The molecular formula is C60H92N2. The lowest BCUT2D eigenvalue weighted by Gasteiger charge is -2.23. The molecule has 0 aromatic heterocycles. The van der Waals surface area contributed by atoms with E-state index in [1.165, 1.54) is 226 Å². The Balaban J connectivity index is 1.46. The van der Waals surface area contributed by atoms with Gasteiger partial charge in [-0.05, 0) is 76.9 Å².